The molecule has 110 valence electrons. The normalized spacial score (nSPS) is 25.2. The predicted octanol–water partition coefficient (Wildman–Crippen LogP) is 2.24. The molecule has 0 spiro atoms. The van der Waals surface area contributed by atoms with Gasteiger partial charge in [0.1, 0.15) is 6.10 Å². The molecule has 1 aromatic carbocycles. The molecule has 2 N–H and O–H groups in total. The van der Waals surface area contributed by atoms with Gasteiger partial charge in [0.25, 0.3) is 0 Å². The summed E-state index contributed by atoms with van der Waals surface area (Å²) in [6, 6.07) is 6.22. The van der Waals surface area contributed by atoms with E-state index in [0.29, 0.717) is 6.61 Å². The van der Waals surface area contributed by atoms with Crippen LogP contribution in [0, 0.1) is 0 Å². The number of hydrogen-bond acceptors (Lipinski definition) is 4. The number of benzene rings is 1. The molecular formula is C16H23NO3. The first-order chi connectivity index (χ1) is 9.67. The molecule has 1 saturated carbocycles. The zero-order valence-corrected chi connectivity index (χ0v) is 12.2. The number of rotatable bonds is 5. The maximum Gasteiger partial charge on any atom is 0.165 e. The van der Waals surface area contributed by atoms with Crippen molar-refractivity contribution in [3.8, 4) is 11.5 Å². The Bertz CT molecular complexity index is 477. The smallest absolute Gasteiger partial charge is 0.165 e. The lowest BCUT2D eigenvalue weighted by Gasteiger charge is -2.26. The molecule has 0 amide bonds. The Labute approximate surface area is 120 Å². The Morgan fingerprint density at radius 1 is 1.40 bits per heavy atom. The van der Waals surface area contributed by atoms with Crippen molar-refractivity contribution in [2.45, 2.75) is 43.7 Å². The van der Waals surface area contributed by atoms with E-state index in [1.165, 1.54) is 5.56 Å². The lowest BCUT2D eigenvalue weighted by molar-refractivity contribution is 0.137. The highest BCUT2D eigenvalue weighted by atomic mass is 16.6. The summed E-state index contributed by atoms with van der Waals surface area (Å²) in [5.74, 6) is 1.65. The highest BCUT2D eigenvalue weighted by Crippen LogP contribution is 2.55. The largest absolute Gasteiger partial charge is 0.493 e. The molecule has 2 aliphatic rings. The van der Waals surface area contributed by atoms with Crippen LogP contribution in [0.3, 0.4) is 0 Å². The Morgan fingerprint density at radius 2 is 2.20 bits per heavy atom. The molecular weight excluding hydrogens is 254 g/mol. The Morgan fingerprint density at radius 3 is 2.75 bits per heavy atom. The first-order valence-corrected chi connectivity index (χ1v) is 7.35. The molecule has 0 aromatic heterocycles. The van der Waals surface area contributed by atoms with E-state index in [4.69, 9.17) is 19.9 Å². The van der Waals surface area contributed by atoms with Crippen LogP contribution in [0.15, 0.2) is 18.2 Å². The number of nitrogens with two attached hydrogens (primary N) is 1. The monoisotopic (exact) mass is 277 g/mol. The van der Waals surface area contributed by atoms with E-state index in [-0.39, 0.29) is 17.6 Å². The first-order valence-electron chi connectivity index (χ1n) is 7.35. The maximum absolute atomic E-state index is 6.21. The van der Waals surface area contributed by atoms with Gasteiger partial charge in [0.05, 0.1) is 20.3 Å². The molecule has 1 saturated heterocycles. The molecule has 3 rings (SSSR count). The predicted molar refractivity (Wildman–Crippen MR) is 77.4 cm³/mol. The highest BCUT2D eigenvalue weighted by Gasteiger charge is 2.49. The summed E-state index contributed by atoms with van der Waals surface area (Å²) in [6.07, 6.45) is 3.29. The molecule has 4 heteroatoms. The van der Waals surface area contributed by atoms with Crippen LogP contribution < -0.4 is 15.2 Å². The van der Waals surface area contributed by atoms with Gasteiger partial charge in [0.2, 0.25) is 0 Å². The zero-order valence-electron chi connectivity index (χ0n) is 12.2. The van der Waals surface area contributed by atoms with Crippen molar-refractivity contribution < 1.29 is 14.2 Å². The van der Waals surface area contributed by atoms with Gasteiger partial charge in [-0.05, 0) is 25.8 Å². The summed E-state index contributed by atoms with van der Waals surface area (Å²) >= 11 is 0. The quantitative estimate of drug-likeness (QED) is 0.897. The van der Waals surface area contributed by atoms with Crippen molar-refractivity contribution in [3.63, 3.8) is 0 Å². The van der Waals surface area contributed by atoms with Crippen LogP contribution in [0.25, 0.3) is 0 Å². The van der Waals surface area contributed by atoms with Crippen molar-refractivity contribution in [3.05, 3.63) is 23.8 Å². The van der Waals surface area contributed by atoms with Gasteiger partial charge < -0.3 is 19.9 Å². The summed E-state index contributed by atoms with van der Waals surface area (Å²) in [5.41, 5.74) is 7.46. The molecule has 20 heavy (non-hydrogen) atoms. The summed E-state index contributed by atoms with van der Waals surface area (Å²) in [7, 11) is 1.68. The van der Waals surface area contributed by atoms with Gasteiger partial charge in [-0.1, -0.05) is 12.1 Å². The Hall–Kier alpha value is -1.26. The third kappa shape index (κ3) is 2.27. The average Bonchev–Trinajstić information content (AvgIpc) is 3.11. The second-order valence-electron chi connectivity index (χ2n) is 5.89. The third-order valence-electron chi connectivity index (χ3n) is 4.57. The minimum Gasteiger partial charge on any atom is -0.493 e. The molecule has 0 bridgehead atoms. The Balaban J connectivity index is 1.96. The van der Waals surface area contributed by atoms with Crippen molar-refractivity contribution in [2.24, 2.45) is 5.73 Å². The van der Waals surface area contributed by atoms with Gasteiger partial charge >= 0.3 is 0 Å². The summed E-state index contributed by atoms with van der Waals surface area (Å²) in [6.45, 7) is 3.51. The third-order valence-corrected chi connectivity index (χ3v) is 4.57. The number of methoxy groups -OCH3 is 1. The SMILES string of the molecule is COc1cccc(C2(C(C)N)CC2)c1OC1CCOC1. The topological polar surface area (TPSA) is 53.7 Å². The van der Waals surface area contributed by atoms with Crippen molar-refractivity contribution in [2.75, 3.05) is 20.3 Å². The molecule has 0 radical (unpaired) electrons. The number of para-hydroxylation sites is 1. The van der Waals surface area contributed by atoms with E-state index >= 15 is 0 Å². The molecule has 2 atom stereocenters. The van der Waals surface area contributed by atoms with E-state index < -0.39 is 0 Å². The Kier molecular flexibility index (Phi) is 3.61. The van der Waals surface area contributed by atoms with E-state index in [1.807, 2.05) is 12.1 Å². The molecule has 1 aromatic rings. The number of ether oxygens (including phenoxy) is 3. The van der Waals surface area contributed by atoms with Gasteiger partial charge in [-0.25, -0.2) is 0 Å². The van der Waals surface area contributed by atoms with Crippen LogP contribution >= 0.6 is 0 Å². The summed E-state index contributed by atoms with van der Waals surface area (Å²) in [5, 5.41) is 0. The van der Waals surface area contributed by atoms with Gasteiger partial charge in [0.15, 0.2) is 11.5 Å². The lowest BCUT2D eigenvalue weighted by atomic mass is 9.88. The molecule has 4 nitrogen and oxygen atoms in total. The van der Waals surface area contributed by atoms with Gasteiger partial charge in [0, 0.05) is 23.4 Å². The fraction of sp³-hybridized carbons (Fsp3) is 0.625. The molecule has 2 unspecified atom stereocenters. The van der Waals surface area contributed by atoms with E-state index in [0.717, 1.165) is 37.4 Å². The van der Waals surface area contributed by atoms with Crippen molar-refractivity contribution in [1.29, 1.82) is 0 Å². The second kappa shape index (κ2) is 5.26. The van der Waals surface area contributed by atoms with E-state index in [1.54, 1.807) is 7.11 Å². The minimum absolute atomic E-state index is 0.0589. The minimum atomic E-state index is 0.0589. The zero-order chi connectivity index (χ0) is 14.2. The summed E-state index contributed by atoms with van der Waals surface area (Å²) < 4.78 is 17.1. The van der Waals surface area contributed by atoms with E-state index in [9.17, 15) is 0 Å². The second-order valence-corrected chi connectivity index (χ2v) is 5.89. The average molecular weight is 277 g/mol. The maximum atomic E-state index is 6.21. The number of hydrogen-bond donors (Lipinski definition) is 1. The van der Waals surface area contributed by atoms with Crippen molar-refractivity contribution in [1.82, 2.24) is 0 Å². The van der Waals surface area contributed by atoms with E-state index in [2.05, 4.69) is 13.0 Å². The van der Waals surface area contributed by atoms with Crippen LogP contribution in [0.1, 0.15) is 31.7 Å². The highest BCUT2D eigenvalue weighted by molar-refractivity contribution is 5.53. The lowest BCUT2D eigenvalue weighted by Crippen LogP contribution is -2.32. The van der Waals surface area contributed by atoms with Crippen LogP contribution in [0.5, 0.6) is 11.5 Å². The molecule has 2 fully saturated rings. The molecule has 1 aliphatic heterocycles. The summed E-state index contributed by atoms with van der Waals surface area (Å²) in [4.78, 5) is 0. The fourth-order valence-corrected chi connectivity index (χ4v) is 3.07. The fourth-order valence-electron chi connectivity index (χ4n) is 3.07. The van der Waals surface area contributed by atoms with Crippen LogP contribution in [-0.2, 0) is 10.2 Å². The van der Waals surface area contributed by atoms with Crippen LogP contribution in [-0.4, -0.2) is 32.5 Å². The van der Waals surface area contributed by atoms with Crippen LogP contribution in [0.4, 0.5) is 0 Å². The molecule has 1 aliphatic carbocycles. The van der Waals surface area contributed by atoms with Gasteiger partial charge in [-0.2, -0.15) is 0 Å². The van der Waals surface area contributed by atoms with Gasteiger partial charge in [-0.3, -0.25) is 0 Å². The standard InChI is InChI=1S/C16H23NO3/c1-11(17)16(7-8-16)13-4-3-5-14(18-2)15(13)20-12-6-9-19-10-12/h3-5,11-12H,6-10,17H2,1-2H3. The first kappa shape index (κ1) is 13.7. The van der Waals surface area contributed by atoms with Gasteiger partial charge in [-0.15, -0.1) is 0 Å². The molecule has 1 heterocycles. The van der Waals surface area contributed by atoms with Crippen LogP contribution in [0.2, 0.25) is 0 Å². The van der Waals surface area contributed by atoms with Crippen molar-refractivity contribution >= 4 is 0 Å².